The number of aryl methyl sites for hydroxylation is 1. The predicted molar refractivity (Wildman–Crippen MR) is 101 cm³/mol. The topological polar surface area (TPSA) is 76.2 Å². The van der Waals surface area contributed by atoms with Gasteiger partial charge in [0.2, 0.25) is 0 Å². The first-order valence-corrected chi connectivity index (χ1v) is 8.55. The number of halogens is 2. The molecule has 146 valence electrons. The van der Waals surface area contributed by atoms with Crippen LogP contribution in [-0.4, -0.2) is 30.3 Å². The van der Waals surface area contributed by atoms with Gasteiger partial charge in [-0.25, -0.2) is 8.78 Å². The van der Waals surface area contributed by atoms with Crippen molar-refractivity contribution in [3.05, 3.63) is 59.3 Å². The third-order valence-electron chi connectivity index (χ3n) is 4.28. The fraction of sp³-hybridized carbons (Fsp3) is 0.200. The molecule has 28 heavy (non-hydrogen) atoms. The summed E-state index contributed by atoms with van der Waals surface area (Å²) < 4.78 is 38.5. The van der Waals surface area contributed by atoms with Crippen LogP contribution in [0.25, 0.3) is 11.3 Å². The molecule has 2 aromatic carbocycles. The Bertz CT molecular complexity index is 998. The van der Waals surface area contributed by atoms with Gasteiger partial charge in [-0.3, -0.25) is 9.89 Å². The third-order valence-corrected chi connectivity index (χ3v) is 4.28. The fourth-order valence-electron chi connectivity index (χ4n) is 2.85. The second-order valence-corrected chi connectivity index (χ2v) is 5.90. The SMILES string of the molecule is CCc1[nH]nc(-c2ccc(OC)c(OC)c2)c1NC(=O)c1c(F)cccc1F. The van der Waals surface area contributed by atoms with Crippen molar-refractivity contribution in [2.45, 2.75) is 13.3 Å². The molecule has 0 aliphatic heterocycles. The minimum Gasteiger partial charge on any atom is -0.493 e. The first-order chi connectivity index (χ1) is 13.5. The van der Waals surface area contributed by atoms with E-state index in [1.54, 1.807) is 18.2 Å². The number of H-pyrrole nitrogens is 1. The number of anilines is 1. The summed E-state index contributed by atoms with van der Waals surface area (Å²) in [7, 11) is 3.03. The Morgan fingerprint density at radius 1 is 1.11 bits per heavy atom. The smallest absolute Gasteiger partial charge is 0.261 e. The number of rotatable bonds is 6. The van der Waals surface area contributed by atoms with E-state index < -0.39 is 23.1 Å². The Morgan fingerprint density at radius 2 is 1.79 bits per heavy atom. The molecule has 0 spiro atoms. The number of carbonyl (C=O) groups is 1. The molecule has 3 rings (SSSR count). The van der Waals surface area contributed by atoms with Crippen LogP contribution < -0.4 is 14.8 Å². The number of carbonyl (C=O) groups excluding carboxylic acids is 1. The molecule has 8 heteroatoms. The molecule has 1 heterocycles. The second-order valence-electron chi connectivity index (χ2n) is 5.90. The number of benzene rings is 2. The average Bonchev–Trinajstić information content (AvgIpc) is 3.09. The zero-order chi connectivity index (χ0) is 20.3. The number of aromatic nitrogens is 2. The molecule has 6 nitrogen and oxygen atoms in total. The molecule has 0 aliphatic rings. The van der Waals surface area contributed by atoms with Gasteiger partial charge in [0, 0.05) is 5.56 Å². The summed E-state index contributed by atoms with van der Waals surface area (Å²) in [6.07, 6.45) is 0.523. The van der Waals surface area contributed by atoms with Crippen molar-refractivity contribution in [3.63, 3.8) is 0 Å². The number of hydrogen-bond donors (Lipinski definition) is 2. The summed E-state index contributed by atoms with van der Waals surface area (Å²) in [4.78, 5) is 12.6. The zero-order valence-electron chi connectivity index (χ0n) is 15.6. The largest absolute Gasteiger partial charge is 0.493 e. The molecule has 2 N–H and O–H groups in total. The Labute approximate surface area is 160 Å². The molecule has 1 aromatic heterocycles. The van der Waals surface area contributed by atoms with Crippen LogP contribution in [0.1, 0.15) is 23.0 Å². The predicted octanol–water partition coefficient (Wildman–Crippen LogP) is 4.19. The molecule has 3 aromatic rings. The summed E-state index contributed by atoms with van der Waals surface area (Å²) >= 11 is 0. The Balaban J connectivity index is 2.03. The molecular weight excluding hydrogens is 368 g/mol. The van der Waals surface area contributed by atoms with Crippen molar-refractivity contribution in [3.8, 4) is 22.8 Å². The molecule has 0 saturated heterocycles. The number of amides is 1. The molecule has 0 radical (unpaired) electrons. The zero-order valence-corrected chi connectivity index (χ0v) is 15.6. The first kappa shape index (κ1) is 19.3. The van der Waals surface area contributed by atoms with Crippen LogP contribution in [0.15, 0.2) is 36.4 Å². The van der Waals surface area contributed by atoms with Crippen molar-refractivity contribution in [1.29, 1.82) is 0 Å². The quantitative estimate of drug-likeness (QED) is 0.665. The fourth-order valence-corrected chi connectivity index (χ4v) is 2.85. The molecule has 0 saturated carbocycles. The summed E-state index contributed by atoms with van der Waals surface area (Å²) in [6, 6.07) is 8.42. The third kappa shape index (κ3) is 3.53. The lowest BCUT2D eigenvalue weighted by Gasteiger charge is -2.11. The van der Waals surface area contributed by atoms with Crippen LogP contribution in [0.2, 0.25) is 0 Å². The van der Waals surface area contributed by atoms with E-state index in [1.807, 2.05) is 6.92 Å². The van der Waals surface area contributed by atoms with Crippen LogP contribution >= 0.6 is 0 Å². The van der Waals surface area contributed by atoms with Crippen molar-refractivity contribution in [2.75, 3.05) is 19.5 Å². The van der Waals surface area contributed by atoms with Gasteiger partial charge in [0.25, 0.3) is 5.91 Å². The van der Waals surface area contributed by atoms with E-state index in [-0.39, 0.29) is 0 Å². The number of methoxy groups -OCH3 is 2. The summed E-state index contributed by atoms with van der Waals surface area (Å²) in [5.74, 6) is -1.75. The second kappa shape index (κ2) is 8.08. The van der Waals surface area contributed by atoms with Gasteiger partial charge in [-0.1, -0.05) is 13.0 Å². The van der Waals surface area contributed by atoms with Crippen LogP contribution in [0, 0.1) is 11.6 Å². The van der Waals surface area contributed by atoms with Gasteiger partial charge in [-0.2, -0.15) is 5.10 Å². The highest BCUT2D eigenvalue weighted by molar-refractivity contribution is 6.06. The van der Waals surface area contributed by atoms with Crippen molar-refractivity contribution >= 4 is 11.6 Å². The van der Waals surface area contributed by atoms with E-state index >= 15 is 0 Å². The monoisotopic (exact) mass is 387 g/mol. The van der Waals surface area contributed by atoms with Crippen molar-refractivity contribution in [1.82, 2.24) is 10.2 Å². The van der Waals surface area contributed by atoms with Gasteiger partial charge in [0.15, 0.2) is 11.5 Å². The molecule has 0 fully saturated rings. The first-order valence-electron chi connectivity index (χ1n) is 8.55. The standard InChI is InChI=1S/C20H19F2N3O3/c1-4-14-19(23-20(26)17-12(21)6-5-7-13(17)22)18(25-24-14)11-8-9-15(27-2)16(10-11)28-3/h5-10H,4H2,1-3H3,(H,23,26)(H,24,25). The highest BCUT2D eigenvalue weighted by Crippen LogP contribution is 2.36. The van der Waals surface area contributed by atoms with Crippen LogP contribution in [0.4, 0.5) is 14.5 Å². The maximum absolute atomic E-state index is 14.0. The van der Waals surface area contributed by atoms with Gasteiger partial charge < -0.3 is 14.8 Å². The molecule has 0 atom stereocenters. The maximum atomic E-state index is 14.0. The van der Waals surface area contributed by atoms with Crippen LogP contribution in [0.3, 0.4) is 0 Å². The minimum atomic E-state index is -0.938. The number of hydrogen-bond acceptors (Lipinski definition) is 4. The lowest BCUT2D eigenvalue weighted by Crippen LogP contribution is -2.17. The lowest BCUT2D eigenvalue weighted by molar-refractivity contribution is 0.101. The number of aromatic amines is 1. The molecular formula is C20H19F2N3O3. The van der Waals surface area contributed by atoms with E-state index in [0.717, 1.165) is 12.1 Å². The van der Waals surface area contributed by atoms with Crippen LogP contribution in [0.5, 0.6) is 11.5 Å². The highest BCUT2D eigenvalue weighted by Gasteiger charge is 2.22. The van der Waals surface area contributed by atoms with E-state index in [0.29, 0.717) is 40.6 Å². The summed E-state index contributed by atoms with van der Waals surface area (Å²) in [6.45, 7) is 1.87. The van der Waals surface area contributed by atoms with Gasteiger partial charge in [-0.15, -0.1) is 0 Å². The number of nitrogens with one attached hydrogen (secondary N) is 2. The number of nitrogens with zero attached hydrogens (tertiary/aromatic N) is 1. The van der Waals surface area contributed by atoms with E-state index in [4.69, 9.17) is 9.47 Å². The summed E-state index contributed by atoms with van der Waals surface area (Å²) in [5.41, 5.74) is 1.38. The Morgan fingerprint density at radius 3 is 2.39 bits per heavy atom. The van der Waals surface area contributed by atoms with Gasteiger partial charge in [-0.05, 0) is 36.8 Å². The summed E-state index contributed by atoms with van der Waals surface area (Å²) in [5, 5.41) is 9.69. The lowest BCUT2D eigenvalue weighted by atomic mass is 10.1. The van der Waals surface area contributed by atoms with Gasteiger partial charge in [0.05, 0.1) is 25.6 Å². The van der Waals surface area contributed by atoms with Crippen LogP contribution in [-0.2, 0) is 6.42 Å². The maximum Gasteiger partial charge on any atom is 0.261 e. The van der Waals surface area contributed by atoms with E-state index in [1.165, 1.54) is 20.3 Å². The average molecular weight is 387 g/mol. The van der Waals surface area contributed by atoms with Gasteiger partial charge in [0.1, 0.15) is 22.9 Å². The normalized spacial score (nSPS) is 10.6. The Kier molecular flexibility index (Phi) is 5.58. The van der Waals surface area contributed by atoms with E-state index in [9.17, 15) is 13.6 Å². The highest BCUT2D eigenvalue weighted by atomic mass is 19.1. The van der Waals surface area contributed by atoms with Crippen molar-refractivity contribution in [2.24, 2.45) is 0 Å². The van der Waals surface area contributed by atoms with E-state index in [2.05, 4.69) is 15.5 Å². The molecule has 0 aliphatic carbocycles. The molecule has 1 amide bonds. The Hall–Kier alpha value is -3.42. The van der Waals surface area contributed by atoms with Crippen molar-refractivity contribution < 1.29 is 23.0 Å². The van der Waals surface area contributed by atoms with Gasteiger partial charge >= 0.3 is 0 Å². The minimum absolute atomic E-state index is 0.349. The number of ether oxygens (including phenoxy) is 2. The molecule has 0 bridgehead atoms. The molecule has 0 unspecified atom stereocenters.